The van der Waals surface area contributed by atoms with Crippen LogP contribution >= 0.6 is 0 Å². The van der Waals surface area contributed by atoms with Crippen molar-refractivity contribution in [1.29, 1.82) is 0 Å². The Morgan fingerprint density at radius 1 is 0.382 bits per heavy atom. The first-order valence-electron chi connectivity index (χ1n) is 13.5. The maximum Gasteiger partial charge on any atom is 0.0110 e. The summed E-state index contributed by atoms with van der Waals surface area (Å²) in [5, 5.41) is 13.8. The molecule has 0 fully saturated rings. The van der Waals surface area contributed by atoms with E-state index >= 15 is 0 Å². The number of hydrogen-bond donors (Lipinski definition) is 8. The van der Waals surface area contributed by atoms with Gasteiger partial charge in [0.25, 0.3) is 0 Å². The molecule has 0 amide bonds. The number of nitrogens with zero attached hydrogens (tertiary/aromatic N) is 3. The van der Waals surface area contributed by atoms with Crippen molar-refractivity contribution in [2.75, 3.05) is 137 Å². The fraction of sp³-hybridized carbons (Fsp3) is 1.00. The Labute approximate surface area is 210 Å². The number of rotatable bonds is 28. The third kappa shape index (κ3) is 22.1. The van der Waals surface area contributed by atoms with Crippen LogP contribution in [0.5, 0.6) is 0 Å². The summed E-state index contributed by atoms with van der Waals surface area (Å²) in [5.74, 6) is 0. The van der Waals surface area contributed by atoms with Gasteiger partial charge in [-0.1, -0.05) is 6.92 Å². The summed E-state index contributed by atoms with van der Waals surface area (Å²) in [5.41, 5.74) is 22.7. The van der Waals surface area contributed by atoms with Gasteiger partial charge in [-0.05, 0) is 13.0 Å². The van der Waals surface area contributed by atoms with Gasteiger partial charge in [-0.2, -0.15) is 0 Å². The van der Waals surface area contributed by atoms with Gasteiger partial charge in [0, 0.05) is 131 Å². The summed E-state index contributed by atoms with van der Waals surface area (Å²) < 4.78 is 0. The van der Waals surface area contributed by atoms with E-state index in [1.165, 1.54) is 6.42 Å². The third-order valence-corrected chi connectivity index (χ3v) is 5.72. The summed E-state index contributed by atoms with van der Waals surface area (Å²) >= 11 is 0. The number of nitrogens with two attached hydrogens (primary N) is 4. The minimum absolute atomic E-state index is 0.677. The van der Waals surface area contributed by atoms with E-state index in [1.807, 2.05) is 0 Å². The first-order valence-corrected chi connectivity index (χ1v) is 13.5. The van der Waals surface area contributed by atoms with Crippen LogP contribution in [0.2, 0.25) is 0 Å². The molecule has 0 aliphatic heterocycles. The van der Waals surface area contributed by atoms with Crippen LogP contribution in [0.4, 0.5) is 0 Å². The lowest BCUT2D eigenvalue weighted by Gasteiger charge is -2.30. The van der Waals surface area contributed by atoms with E-state index in [4.69, 9.17) is 22.9 Å². The van der Waals surface area contributed by atoms with E-state index < -0.39 is 0 Å². The average Bonchev–Trinajstić information content (AvgIpc) is 2.84. The molecule has 0 aromatic rings. The molecule has 0 saturated heterocycles. The van der Waals surface area contributed by atoms with Gasteiger partial charge < -0.3 is 44.2 Å². The maximum atomic E-state index is 5.80. The quantitative estimate of drug-likeness (QED) is 0.0515. The lowest BCUT2D eigenvalue weighted by atomic mass is 10.3. The highest BCUT2D eigenvalue weighted by Gasteiger charge is 2.11. The molecule has 0 aliphatic rings. The van der Waals surface area contributed by atoms with Crippen molar-refractivity contribution in [1.82, 2.24) is 36.0 Å². The smallest absolute Gasteiger partial charge is 0.0110 e. The molecule has 206 valence electrons. The Bertz CT molecular complexity index is 384. The van der Waals surface area contributed by atoms with Crippen molar-refractivity contribution in [2.45, 2.75) is 13.3 Å². The zero-order chi connectivity index (χ0) is 25.1. The van der Waals surface area contributed by atoms with Gasteiger partial charge in [0.1, 0.15) is 0 Å². The number of nitrogens with one attached hydrogen (secondary N) is 4. The zero-order valence-electron chi connectivity index (χ0n) is 22.2. The van der Waals surface area contributed by atoms with Crippen molar-refractivity contribution >= 4 is 0 Å². The second kappa shape index (κ2) is 27.2. The van der Waals surface area contributed by atoms with Crippen LogP contribution in [0.15, 0.2) is 0 Å². The molecule has 0 spiro atoms. The molecular formula is C23H59N11. The molecule has 0 aliphatic carbocycles. The van der Waals surface area contributed by atoms with Crippen LogP contribution in [-0.2, 0) is 0 Å². The van der Waals surface area contributed by atoms with E-state index in [1.54, 1.807) is 0 Å². The Balaban J connectivity index is 4.62. The third-order valence-electron chi connectivity index (χ3n) is 5.72. The minimum atomic E-state index is 0.677. The summed E-state index contributed by atoms with van der Waals surface area (Å²) in [6, 6.07) is 0. The molecule has 0 unspecified atom stereocenters. The highest BCUT2D eigenvalue weighted by molar-refractivity contribution is 4.70. The first-order chi connectivity index (χ1) is 16.7. The van der Waals surface area contributed by atoms with Crippen LogP contribution in [0, 0.1) is 0 Å². The molecule has 0 aromatic carbocycles. The predicted octanol–water partition coefficient (Wildman–Crippen LogP) is -3.50. The second-order valence-corrected chi connectivity index (χ2v) is 8.68. The minimum Gasteiger partial charge on any atom is -0.329 e. The highest BCUT2D eigenvalue weighted by Crippen LogP contribution is 1.96. The van der Waals surface area contributed by atoms with Gasteiger partial charge in [0.15, 0.2) is 0 Å². The van der Waals surface area contributed by atoms with Crippen LogP contribution in [0.3, 0.4) is 0 Å². The van der Waals surface area contributed by atoms with Gasteiger partial charge in [-0.3, -0.25) is 14.7 Å². The molecule has 0 saturated carbocycles. The van der Waals surface area contributed by atoms with Gasteiger partial charge in [0.05, 0.1) is 0 Å². The molecule has 0 aromatic heterocycles. The van der Waals surface area contributed by atoms with E-state index in [9.17, 15) is 0 Å². The van der Waals surface area contributed by atoms with Crippen molar-refractivity contribution in [3.63, 3.8) is 0 Å². The van der Waals surface area contributed by atoms with Crippen molar-refractivity contribution in [3.05, 3.63) is 0 Å². The average molecular weight is 490 g/mol. The van der Waals surface area contributed by atoms with Crippen LogP contribution in [0.25, 0.3) is 0 Å². The molecule has 0 atom stereocenters. The molecule has 0 radical (unpaired) electrons. The van der Waals surface area contributed by atoms with Gasteiger partial charge in [-0.25, -0.2) is 0 Å². The van der Waals surface area contributed by atoms with Crippen molar-refractivity contribution in [2.24, 2.45) is 22.9 Å². The van der Waals surface area contributed by atoms with Crippen LogP contribution in [0.1, 0.15) is 13.3 Å². The van der Waals surface area contributed by atoms with Crippen molar-refractivity contribution < 1.29 is 0 Å². The maximum absolute atomic E-state index is 5.80. The molecule has 0 bridgehead atoms. The van der Waals surface area contributed by atoms with E-state index in [2.05, 4.69) is 42.9 Å². The molecule has 0 rings (SSSR count). The highest BCUT2D eigenvalue weighted by atomic mass is 15.2. The largest absolute Gasteiger partial charge is 0.329 e. The Kier molecular flexibility index (Phi) is 26.8. The topological polar surface area (TPSA) is 162 Å². The first kappa shape index (κ1) is 33.6. The normalized spacial score (nSPS) is 12.0. The fourth-order valence-corrected chi connectivity index (χ4v) is 3.71. The van der Waals surface area contributed by atoms with Gasteiger partial charge >= 0.3 is 0 Å². The molecule has 34 heavy (non-hydrogen) atoms. The van der Waals surface area contributed by atoms with Crippen LogP contribution < -0.4 is 44.2 Å². The molecular weight excluding hydrogens is 430 g/mol. The molecule has 12 N–H and O–H groups in total. The standard InChI is InChI=1S/C23H59N11/c1-2-7-28-12-19-34(22-20-32(15-5-26)16-6-27)23-21-33(17-13-30-9-4-25)18-14-31-11-10-29-8-3-24/h28-31H,2-27H2,1H3. The SMILES string of the molecule is CCCNCCN(CCN(CCN)CCN)CCN(CCNCCN)CCNCCNCCN. The van der Waals surface area contributed by atoms with Crippen molar-refractivity contribution in [3.8, 4) is 0 Å². The lowest BCUT2D eigenvalue weighted by Crippen LogP contribution is -2.46. The van der Waals surface area contributed by atoms with Gasteiger partial charge in [-0.15, -0.1) is 0 Å². The van der Waals surface area contributed by atoms with Gasteiger partial charge in [0.2, 0.25) is 0 Å². The number of hydrogen-bond acceptors (Lipinski definition) is 11. The fourth-order valence-electron chi connectivity index (χ4n) is 3.71. The summed E-state index contributed by atoms with van der Waals surface area (Å²) in [7, 11) is 0. The summed E-state index contributed by atoms with van der Waals surface area (Å²) in [4.78, 5) is 7.50. The Morgan fingerprint density at radius 2 is 0.735 bits per heavy atom. The molecule has 0 heterocycles. The summed E-state index contributed by atoms with van der Waals surface area (Å²) in [6.45, 7) is 21.7. The monoisotopic (exact) mass is 489 g/mol. The van der Waals surface area contributed by atoms with Crippen LogP contribution in [-0.4, -0.2) is 152 Å². The second-order valence-electron chi connectivity index (χ2n) is 8.68. The predicted molar refractivity (Wildman–Crippen MR) is 147 cm³/mol. The molecule has 11 nitrogen and oxygen atoms in total. The zero-order valence-corrected chi connectivity index (χ0v) is 22.2. The molecule has 11 heteroatoms. The van der Waals surface area contributed by atoms with E-state index in [-0.39, 0.29) is 0 Å². The Morgan fingerprint density at radius 3 is 1.15 bits per heavy atom. The van der Waals surface area contributed by atoms with E-state index in [0.29, 0.717) is 26.2 Å². The summed E-state index contributed by atoms with van der Waals surface area (Å²) in [6.07, 6.45) is 1.17. The Hall–Kier alpha value is -0.440. The van der Waals surface area contributed by atoms with E-state index in [0.717, 1.165) is 111 Å². The lowest BCUT2D eigenvalue weighted by molar-refractivity contribution is 0.178.